The van der Waals surface area contributed by atoms with Crippen LogP contribution in [0, 0.1) is 0 Å². The number of aromatic nitrogens is 4. The van der Waals surface area contributed by atoms with Crippen LogP contribution in [0.2, 0.25) is 0 Å². The Morgan fingerprint density at radius 2 is 1.73 bits per heavy atom. The van der Waals surface area contributed by atoms with E-state index in [1.807, 2.05) is 67.6 Å². The predicted molar refractivity (Wildman–Crippen MR) is 143 cm³/mol. The van der Waals surface area contributed by atoms with Gasteiger partial charge in [-0.05, 0) is 47.5 Å². The highest BCUT2D eigenvalue weighted by Gasteiger charge is 2.35. The van der Waals surface area contributed by atoms with E-state index in [0.717, 1.165) is 21.9 Å². The first kappa shape index (κ1) is 22.5. The van der Waals surface area contributed by atoms with Gasteiger partial charge in [0.05, 0.1) is 18.4 Å². The second-order valence-electron chi connectivity index (χ2n) is 8.73. The number of hydrogen-bond donors (Lipinski definition) is 2. The molecule has 8 nitrogen and oxygen atoms in total. The molecule has 0 bridgehead atoms. The number of pyridine rings is 1. The van der Waals surface area contributed by atoms with E-state index in [-0.39, 0.29) is 5.91 Å². The average molecular weight is 489 g/mol. The zero-order chi connectivity index (χ0) is 25.4. The molecule has 2 aromatic heterocycles. The van der Waals surface area contributed by atoms with Crippen LogP contribution >= 0.6 is 0 Å². The van der Waals surface area contributed by atoms with Crippen molar-refractivity contribution in [2.24, 2.45) is 0 Å². The normalized spacial score (nSPS) is 14.7. The van der Waals surface area contributed by atoms with Gasteiger partial charge in [-0.1, -0.05) is 54.6 Å². The molecule has 1 unspecified atom stereocenters. The lowest BCUT2D eigenvalue weighted by molar-refractivity contribution is -0.113. The molecule has 5 aromatic rings. The van der Waals surface area contributed by atoms with Gasteiger partial charge in [0.15, 0.2) is 5.82 Å². The largest absolute Gasteiger partial charge is 0.495 e. The third kappa shape index (κ3) is 3.98. The molecule has 0 spiro atoms. The van der Waals surface area contributed by atoms with Gasteiger partial charge in [-0.25, -0.2) is 4.68 Å². The molecule has 3 heterocycles. The van der Waals surface area contributed by atoms with Crippen molar-refractivity contribution in [2.75, 3.05) is 17.7 Å². The average Bonchev–Trinajstić information content (AvgIpc) is 3.36. The molecule has 1 amide bonds. The van der Waals surface area contributed by atoms with Crippen molar-refractivity contribution in [3.63, 3.8) is 0 Å². The first-order chi connectivity index (χ1) is 18.1. The summed E-state index contributed by atoms with van der Waals surface area (Å²) in [5.74, 6) is 1.47. The van der Waals surface area contributed by atoms with Crippen molar-refractivity contribution < 1.29 is 9.53 Å². The number of para-hydroxylation sites is 2. The van der Waals surface area contributed by atoms with Crippen LogP contribution in [0.25, 0.3) is 22.2 Å². The smallest absolute Gasteiger partial charge is 0.255 e. The maximum absolute atomic E-state index is 13.7. The van der Waals surface area contributed by atoms with E-state index >= 15 is 0 Å². The zero-order valence-electron chi connectivity index (χ0n) is 20.3. The summed E-state index contributed by atoms with van der Waals surface area (Å²) in [6.07, 6.45) is 3.43. The fraction of sp³-hybridized carbons (Fsp3) is 0.103. The summed E-state index contributed by atoms with van der Waals surface area (Å²) in [5.41, 5.74) is 3.60. The minimum Gasteiger partial charge on any atom is -0.495 e. The maximum Gasteiger partial charge on any atom is 0.255 e. The van der Waals surface area contributed by atoms with Crippen LogP contribution in [0.1, 0.15) is 18.5 Å². The maximum atomic E-state index is 13.7. The zero-order valence-corrected chi connectivity index (χ0v) is 20.3. The molecule has 1 atom stereocenters. The lowest BCUT2D eigenvalue weighted by atomic mass is 9.96. The Hall–Kier alpha value is -4.98. The SMILES string of the molecule is COc1ccccc1NC(=O)C1=C(C)Nc2nc(-c3cccc4ccccc34)nn2C1c1ccncc1. The number of methoxy groups -OCH3 is 1. The molecular formula is C29H24N6O2. The van der Waals surface area contributed by atoms with Crippen LogP contribution in [-0.2, 0) is 4.79 Å². The third-order valence-corrected chi connectivity index (χ3v) is 6.50. The minimum absolute atomic E-state index is 0.260. The van der Waals surface area contributed by atoms with E-state index in [9.17, 15) is 4.79 Å². The molecule has 1 aliphatic rings. The van der Waals surface area contributed by atoms with E-state index in [2.05, 4.69) is 33.8 Å². The number of nitrogens with one attached hydrogen (secondary N) is 2. The molecule has 0 radical (unpaired) electrons. The summed E-state index contributed by atoms with van der Waals surface area (Å²) in [6.45, 7) is 1.88. The molecule has 6 rings (SSSR count). The number of fused-ring (bicyclic) bond motifs is 2. The molecule has 1 aliphatic heterocycles. The summed E-state index contributed by atoms with van der Waals surface area (Å²) in [6, 6.07) is 24.8. The van der Waals surface area contributed by atoms with Crippen LogP contribution in [0.4, 0.5) is 11.6 Å². The van der Waals surface area contributed by atoms with Crippen LogP contribution < -0.4 is 15.4 Å². The van der Waals surface area contributed by atoms with Gasteiger partial charge in [-0.2, -0.15) is 4.98 Å². The highest BCUT2D eigenvalue weighted by atomic mass is 16.5. The second-order valence-corrected chi connectivity index (χ2v) is 8.73. The van der Waals surface area contributed by atoms with Gasteiger partial charge in [0.25, 0.3) is 5.91 Å². The summed E-state index contributed by atoms with van der Waals surface area (Å²) in [5, 5.41) is 13.4. The lowest BCUT2D eigenvalue weighted by Gasteiger charge is -2.28. The van der Waals surface area contributed by atoms with Crippen molar-refractivity contribution in [3.8, 4) is 17.1 Å². The van der Waals surface area contributed by atoms with Gasteiger partial charge in [-0.3, -0.25) is 9.78 Å². The highest BCUT2D eigenvalue weighted by Crippen LogP contribution is 2.38. The van der Waals surface area contributed by atoms with Crippen molar-refractivity contribution in [3.05, 3.63) is 108 Å². The monoisotopic (exact) mass is 488 g/mol. The number of benzene rings is 3. The van der Waals surface area contributed by atoms with E-state index in [1.165, 1.54) is 0 Å². The molecule has 3 aromatic carbocycles. The van der Waals surface area contributed by atoms with Crippen LogP contribution in [0.3, 0.4) is 0 Å². The molecular weight excluding hydrogens is 464 g/mol. The number of carbonyl (C=O) groups is 1. The first-order valence-electron chi connectivity index (χ1n) is 11.9. The number of amides is 1. The highest BCUT2D eigenvalue weighted by molar-refractivity contribution is 6.06. The van der Waals surface area contributed by atoms with Crippen LogP contribution in [-0.4, -0.2) is 32.8 Å². The summed E-state index contributed by atoms with van der Waals surface area (Å²) in [7, 11) is 1.58. The fourth-order valence-electron chi connectivity index (χ4n) is 4.77. The number of rotatable bonds is 5. The van der Waals surface area contributed by atoms with Gasteiger partial charge >= 0.3 is 0 Å². The van der Waals surface area contributed by atoms with Gasteiger partial charge in [0, 0.05) is 23.7 Å². The predicted octanol–water partition coefficient (Wildman–Crippen LogP) is 5.43. The van der Waals surface area contributed by atoms with Gasteiger partial charge in [-0.15, -0.1) is 5.10 Å². The molecule has 182 valence electrons. The summed E-state index contributed by atoms with van der Waals surface area (Å²) < 4.78 is 7.21. The van der Waals surface area contributed by atoms with Crippen molar-refractivity contribution in [1.29, 1.82) is 0 Å². The molecule has 0 saturated heterocycles. The summed E-state index contributed by atoms with van der Waals surface area (Å²) >= 11 is 0. The molecule has 0 fully saturated rings. The number of carbonyl (C=O) groups excluding carboxylic acids is 1. The minimum atomic E-state index is -0.509. The van der Waals surface area contributed by atoms with Crippen LogP contribution in [0.5, 0.6) is 5.75 Å². The number of allylic oxidation sites excluding steroid dienone is 1. The Balaban J connectivity index is 1.46. The Kier molecular flexibility index (Phi) is 5.61. The van der Waals surface area contributed by atoms with E-state index < -0.39 is 6.04 Å². The quantitative estimate of drug-likeness (QED) is 0.343. The Morgan fingerprint density at radius 1 is 0.973 bits per heavy atom. The number of nitrogens with zero attached hydrogens (tertiary/aromatic N) is 4. The van der Waals surface area contributed by atoms with Gasteiger partial charge < -0.3 is 15.4 Å². The van der Waals surface area contributed by atoms with E-state index in [4.69, 9.17) is 14.8 Å². The Bertz CT molecular complexity index is 1650. The van der Waals surface area contributed by atoms with Gasteiger partial charge in [0.2, 0.25) is 5.95 Å². The molecule has 8 heteroatoms. The fourth-order valence-corrected chi connectivity index (χ4v) is 4.77. The van der Waals surface area contributed by atoms with Gasteiger partial charge in [0.1, 0.15) is 11.8 Å². The van der Waals surface area contributed by atoms with E-state index in [0.29, 0.717) is 34.5 Å². The van der Waals surface area contributed by atoms with E-state index in [1.54, 1.807) is 24.2 Å². The summed E-state index contributed by atoms with van der Waals surface area (Å²) in [4.78, 5) is 22.8. The van der Waals surface area contributed by atoms with Crippen LogP contribution in [0.15, 0.2) is 103 Å². The van der Waals surface area contributed by atoms with Crippen molar-refractivity contribution in [2.45, 2.75) is 13.0 Å². The number of hydrogen-bond acceptors (Lipinski definition) is 6. The third-order valence-electron chi connectivity index (χ3n) is 6.50. The molecule has 2 N–H and O–H groups in total. The van der Waals surface area contributed by atoms with Crippen molar-refractivity contribution in [1.82, 2.24) is 19.7 Å². The van der Waals surface area contributed by atoms with Crippen molar-refractivity contribution >= 4 is 28.3 Å². The second kappa shape index (κ2) is 9.23. The molecule has 37 heavy (non-hydrogen) atoms. The Morgan fingerprint density at radius 3 is 2.57 bits per heavy atom. The number of anilines is 2. The number of ether oxygens (including phenoxy) is 1. The molecule has 0 aliphatic carbocycles. The lowest BCUT2D eigenvalue weighted by Crippen LogP contribution is -2.31. The Labute approximate surface area is 213 Å². The standard InChI is InChI=1S/C29H24N6O2/c1-18-25(28(36)32-23-12-5-6-13-24(23)37-2)26(20-14-16-30-17-15-20)35-29(31-18)33-27(34-35)22-11-7-9-19-8-3-4-10-21(19)22/h3-17,26H,1-2H3,(H,32,36)(H,31,33,34). The first-order valence-corrected chi connectivity index (χ1v) is 11.9. The molecule has 0 saturated carbocycles. The topological polar surface area (TPSA) is 94.0 Å².